The number of benzene rings is 1. The maximum atomic E-state index is 12.7. The Morgan fingerprint density at radius 1 is 1.13 bits per heavy atom. The van der Waals surface area contributed by atoms with Crippen LogP contribution >= 0.6 is 0 Å². The fourth-order valence-corrected chi connectivity index (χ4v) is 4.15. The van der Waals surface area contributed by atoms with Gasteiger partial charge in [0.25, 0.3) is 0 Å². The van der Waals surface area contributed by atoms with E-state index in [0.717, 1.165) is 16.7 Å². The highest BCUT2D eigenvalue weighted by atomic mass is 32.2. The van der Waals surface area contributed by atoms with Gasteiger partial charge < -0.3 is 4.74 Å². The number of pyridine rings is 1. The summed E-state index contributed by atoms with van der Waals surface area (Å²) < 4.78 is 33.3. The number of ether oxygens (including phenoxy) is 1. The molecule has 1 heterocycles. The lowest BCUT2D eigenvalue weighted by Crippen LogP contribution is -2.27. The minimum absolute atomic E-state index is 0.338. The molecular formula is C17H22N2O3S. The van der Waals surface area contributed by atoms with Crippen LogP contribution in [0.1, 0.15) is 22.3 Å². The predicted molar refractivity (Wildman–Crippen MR) is 90.3 cm³/mol. The number of nitrogens with zero attached hydrogens (tertiary/aromatic N) is 1. The number of hydrogen-bond acceptors (Lipinski definition) is 4. The van der Waals surface area contributed by atoms with Crippen molar-refractivity contribution in [1.29, 1.82) is 0 Å². The molecule has 0 radical (unpaired) electrons. The van der Waals surface area contributed by atoms with Crippen molar-refractivity contribution in [2.75, 3.05) is 13.7 Å². The van der Waals surface area contributed by atoms with Gasteiger partial charge in [-0.25, -0.2) is 13.1 Å². The van der Waals surface area contributed by atoms with Gasteiger partial charge in [-0.3, -0.25) is 4.98 Å². The third-order valence-corrected chi connectivity index (χ3v) is 5.67. The first-order valence-electron chi connectivity index (χ1n) is 7.40. The Balaban J connectivity index is 2.21. The standard InChI is InChI=1S/C17H22N2O3S/c1-12-11-16(22-4)13(2)14(3)17(12)23(20,21)19-10-7-15-5-8-18-9-6-15/h5-6,8-9,11,19H,7,10H2,1-4H3. The topological polar surface area (TPSA) is 68.3 Å². The third kappa shape index (κ3) is 3.89. The number of aromatic nitrogens is 1. The number of aryl methyl sites for hydroxylation is 1. The second kappa shape index (κ2) is 7.10. The molecule has 0 aliphatic carbocycles. The van der Waals surface area contributed by atoms with Crippen molar-refractivity contribution in [3.8, 4) is 5.75 Å². The number of hydrogen-bond donors (Lipinski definition) is 1. The van der Waals surface area contributed by atoms with E-state index in [9.17, 15) is 8.42 Å². The van der Waals surface area contributed by atoms with Crippen molar-refractivity contribution in [3.05, 3.63) is 52.8 Å². The van der Waals surface area contributed by atoms with Gasteiger partial charge in [0.15, 0.2) is 0 Å². The van der Waals surface area contributed by atoms with Crippen LogP contribution in [-0.2, 0) is 16.4 Å². The monoisotopic (exact) mass is 334 g/mol. The van der Waals surface area contributed by atoms with Crippen molar-refractivity contribution in [2.45, 2.75) is 32.1 Å². The molecule has 0 unspecified atom stereocenters. The van der Waals surface area contributed by atoms with Crippen molar-refractivity contribution < 1.29 is 13.2 Å². The molecule has 5 nitrogen and oxygen atoms in total. The Morgan fingerprint density at radius 2 is 1.78 bits per heavy atom. The molecule has 0 atom stereocenters. The van der Waals surface area contributed by atoms with Gasteiger partial charge in [0.1, 0.15) is 5.75 Å². The number of sulfonamides is 1. The maximum absolute atomic E-state index is 12.7. The van der Waals surface area contributed by atoms with E-state index in [4.69, 9.17) is 4.74 Å². The summed E-state index contributed by atoms with van der Waals surface area (Å²) in [5, 5.41) is 0. The summed E-state index contributed by atoms with van der Waals surface area (Å²) in [5.41, 5.74) is 3.29. The van der Waals surface area contributed by atoms with Gasteiger partial charge in [-0.05, 0) is 67.6 Å². The van der Waals surface area contributed by atoms with Gasteiger partial charge in [0.05, 0.1) is 12.0 Å². The van der Waals surface area contributed by atoms with E-state index in [1.807, 2.05) is 26.0 Å². The molecule has 0 aliphatic heterocycles. The quantitative estimate of drug-likeness (QED) is 0.881. The van der Waals surface area contributed by atoms with Gasteiger partial charge in [-0.1, -0.05) is 0 Å². The van der Waals surface area contributed by atoms with Crippen LogP contribution in [0.4, 0.5) is 0 Å². The largest absolute Gasteiger partial charge is 0.496 e. The van der Waals surface area contributed by atoms with Crippen LogP contribution in [-0.4, -0.2) is 27.1 Å². The first-order chi connectivity index (χ1) is 10.9. The van der Waals surface area contributed by atoms with Gasteiger partial charge in [-0.2, -0.15) is 0 Å². The van der Waals surface area contributed by atoms with E-state index < -0.39 is 10.0 Å². The molecule has 0 amide bonds. The molecule has 0 spiro atoms. The summed E-state index contributed by atoms with van der Waals surface area (Å²) in [6.45, 7) is 5.80. The van der Waals surface area contributed by atoms with Crippen molar-refractivity contribution in [3.63, 3.8) is 0 Å². The summed E-state index contributed by atoms with van der Waals surface area (Å²) in [7, 11) is -1.97. The van der Waals surface area contributed by atoms with Gasteiger partial charge in [0.2, 0.25) is 10.0 Å². The van der Waals surface area contributed by atoms with E-state index in [0.29, 0.717) is 29.2 Å². The maximum Gasteiger partial charge on any atom is 0.241 e. The molecule has 0 aliphatic rings. The Hall–Kier alpha value is -1.92. The summed E-state index contributed by atoms with van der Waals surface area (Å²) in [6, 6.07) is 5.52. The molecule has 0 fully saturated rings. The lowest BCUT2D eigenvalue weighted by atomic mass is 10.1. The van der Waals surface area contributed by atoms with Crippen LogP contribution in [0, 0.1) is 20.8 Å². The first-order valence-corrected chi connectivity index (χ1v) is 8.88. The molecule has 6 heteroatoms. The number of methoxy groups -OCH3 is 1. The van der Waals surface area contributed by atoms with Crippen LogP contribution in [0.5, 0.6) is 5.75 Å². The highest BCUT2D eigenvalue weighted by molar-refractivity contribution is 7.89. The minimum Gasteiger partial charge on any atom is -0.496 e. The van der Waals surface area contributed by atoms with Gasteiger partial charge >= 0.3 is 0 Å². The normalized spacial score (nSPS) is 11.5. The molecule has 0 saturated heterocycles. The summed E-state index contributed by atoms with van der Waals surface area (Å²) in [6.07, 6.45) is 4.02. The van der Waals surface area contributed by atoms with Crippen LogP contribution in [0.2, 0.25) is 0 Å². The zero-order chi connectivity index (χ0) is 17.0. The van der Waals surface area contributed by atoms with Crippen molar-refractivity contribution in [2.24, 2.45) is 0 Å². The Kier molecular flexibility index (Phi) is 5.38. The first kappa shape index (κ1) is 17.4. The third-order valence-electron chi connectivity index (χ3n) is 3.92. The molecule has 124 valence electrons. The van der Waals surface area contributed by atoms with Crippen LogP contribution < -0.4 is 9.46 Å². The lowest BCUT2D eigenvalue weighted by Gasteiger charge is -2.16. The average Bonchev–Trinajstić information content (AvgIpc) is 2.51. The smallest absolute Gasteiger partial charge is 0.241 e. The zero-order valence-electron chi connectivity index (χ0n) is 13.9. The summed E-state index contributed by atoms with van der Waals surface area (Å²) >= 11 is 0. The Morgan fingerprint density at radius 3 is 2.39 bits per heavy atom. The second-order valence-corrected chi connectivity index (χ2v) is 7.18. The molecule has 1 aromatic heterocycles. The molecule has 0 bridgehead atoms. The molecular weight excluding hydrogens is 312 g/mol. The molecule has 2 aromatic rings. The molecule has 2 rings (SSSR count). The summed E-state index contributed by atoms with van der Waals surface area (Å²) in [5.74, 6) is 0.704. The average molecular weight is 334 g/mol. The van der Waals surface area contributed by atoms with Crippen LogP contribution in [0.25, 0.3) is 0 Å². The van der Waals surface area contributed by atoms with Crippen LogP contribution in [0.15, 0.2) is 35.5 Å². The Labute approximate surface area is 137 Å². The lowest BCUT2D eigenvalue weighted by molar-refractivity contribution is 0.410. The summed E-state index contributed by atoms with van der Waals surface area (Å²) in [4.78, 5) is 4.29. The van der Waals surface area contributed by atoms with Gasteiger partial charge in [-0.15, -0.1) is 0 Å². The second-order valence-electron chi connectivity index (χ2n) is 5.48. The minimum atomic E-state index is -3.56. The molecule has 1 N–H and O–H groups in total. The van der Waals surface area contributed by atoms with Crippen molar-refractivity contribution in [1.82, 2.24) is 9.71 Å². The molecule has 1 aromatic carbocycles. The predicted octanol–water partition coefficient (Wildman–Crippen LogP) is 2.54. The SMILES string of the molecule is COc1cc(C)c(S(=O)(=O)NCCc2ccncc2)c(C)c1C. The van der Waals surface area contributed by atoms with E-state index in [1.165, 1.54) is 0 Å². The van der Waals surface area contributed by atoms with E-state index in [2.05, 4.69) is 9.71 Å². The van der Waals surface area contributed by atoms with E-state index >= 15 is 0 Å². The number of nitrogens with one attached hydrogen (secondary N) is 1. The molecule has 23 heavy (non-hydrogen) atoms. The highest BCUT2D eigenvalue weighted by Crippen LogP contribution is 2.30. The Bertz CT molecular complexity index is 787. The van der Waals surface area contributed by atoms with Gasteiger partial charge in [0, 0.05) is 18.9 Å². The molecule has 0 saturated carbocycles. The van der Waals surface area contributed by atoms with Crippen LogP contribution in [0.3, 0.4) is 0 Å². The highest BCUT2D eigenvalue weighted by Gasteiger charge is 2.22. The van der Waals surface area contributed by atoms with E-state index in [1.54, 1.807) is 32.5 Å². The van der Waals surface area contributed by atoms with E-state index in [-0.39, 0.29) is 0 Å². The zero-order valence-corrected chi connectivity index (χ0v) is 14.7. The number of rotatable bonds is 6. The fraction of sp³-hybridized carbons (Fsp3) is 0.353. The van der Waals surface area contributed by atoms with Crippen molar-refractivity contribution >= 4 is 10.0 Å². The fourth-order valence-electron chi connectivity index (χ4n) is 2.60.